The zero-order chi connectivity index (χ0) is 31.7. The highest BCUT2D eigenvalue weighted by atomic mass is 35.5. The van der Waals surface area contributed by atoms with E-state index in [4.69, 9.17) is 36.5 Å². The number of ether oxygens (including phenoxy) is 3. The number of hydrogen-bond donors (Lipinski definition) is 1. The van der Waals surface area contributed by atoms with Gasteiger partial charge in [0.1, 0.15) is 35.2 Å². The lowest BCUT2D eigenvalue weighted by Crippen LogP contribution is -2.54. The maximum absolute atomic E-state index is 16.7. The number of nitrogen functional groups attached to an aromatic ring is 1. The molecule has 1 unspecified atom stereocenters. The Hall–Kier alpha value is -3.23. The van der Waals surface area contributed by atoms with Gasteiger partial charge >= 0.3 is 12.2 Å². The molecule has 7 rings (SSSR count). The van der Waals surface area contributed by atoms with Gasteiger partial charge in [0.25, 0.3) is 0 Å². The van der Waals surface area contributed by atoms with Gasteiger partial charge in [0.05, 0.1) is 34.9 Å². The van der Waals surface area contributed by atoms with E-state index in [9.17, 15) is 17.6 Å². The average Bonchev–Trinajstić information content (AvgIpc) is 3.51. The topological polar surface area (TPSA) is 98.9 Å². The van der Waals surface area contributed by atoms with Crippen LogP contribution in [0.25, 0.3) is 22.2 Å². The molecule has 0 radical (unpaired) electrons. The predicted octanol–water partition coefficient (Wildman–Crippen LogP) is 5.81. The van der Waals surface area contributed by atoms with Crippen molar-refractivity contribution < 1.29 is 36.2 Å². The standard InChI is InChI=1S/C30H32ClF5N6O3/c1-41-25-20-24(39-27(40-25)45-15-29-4-2-7-42(29)13-16(32)12-29)22(33)23(18-10-17(37)11-19(31)21(18)30(34,35)36)38-26(20)44-9-6-28(41)5-3-8-43-14-28/h10-11,16H,2-9,12-15,37H2,1H3/t16-,28?,29+/m1/s1. The van der Waals surface area contributed by atoms with Gasteiger partial charge in [-0.05, 0) is 44.4 Å². The normalized spacial score (nSPS) is 27.0. The Morgan fingerprint density at radius 2 is 1.96 bits per heavy atom. The lowest BCUT2D eigenvalue weighted by molar-refractivity contribution is -0.137. The largest absolute Gasteiger partial charge is 0.477 e. The van der Waals surface area contributed by atoms with E-state index >= 15 is 4.39 Å². The summed E-state index contributed by atoms with van der Waals surface area (Å²) in [5.41, 5.74) is 1.72. The molecule has 0 amide bonds. The minimum absolute atomic E-state index is 0.0717. The van der Waals surface area contributed by atoms with Crippen molar-refractivity contribution in [3.63, 3.8) is 0 Å². The fourth-order valence-electron chi connectivity index (χ4n) is 7.47. The molecule has 3 fully saturated rings. The number of rotatable bonds is 4. The zero-order valence-electron chi connectivity index (χ0n) is 24.5. The third-order valence-corrected chi connectivity index (χ3v) is 10.0. The lowest BCUT2D eigenvalue weighted by Gasteiger charge is -2.46. The van der Waals surface area contributed by atoms with E-state index in [2.05, 4.69) is 14.9 Å². The van der Waals surface area contributed by atoms with Crippen LogP contribution in [0.1, 0.15) is 44.1 Å². The van der Waals surface area contributed by atoms with Gasteiger partial charge in [0, 0.05) is 44.3 Å². The van der Waals surface area contributed by atoms with Crippen LogP contribution < -0.4 is 20.1 Å². The number of likely N-dealkylation sites (N-methyl/N-ethyl adjacent to an activating group) is 1. The van der Waals surface area contributed by atoms with Crippen molar-refractivity contribution in [1.82, 2.24) is 19.9 Å². The fraction of sp³-hybridized carbons (Fsp3) is 0.567. The van der Waals surface area contributed by atoms with Gasteiger partial charge in [-0.1, -0.05) is 11.6 Å². The van der Waals surface area contributed by atoms with Crippen molar-refractivity contribution in [2.75, 3.05) is 57.2 Å². The Balaban J connectivity index is 1.42. The van der Waals surface area contributed by atoms with Gasteiger partial charge in [-0.2, -0.15) is 23.1 Å². The van der Waals surface area contributed by atoms with Crippen LogP contribution >= 0.6 is 11.6 Å². The smallest absolute Gasteiger partial charge is 0.418 e. The van der Waals surface area contributed by atoms with E-state index in [0.717, 1.165) is 44.4 Å². The number of pyridine rings is 1. The first-order valence-corrected chi connectivity index (χ1v) is 15.3. The molecule has 9 nitrogen and oxygen atoms in total. The molecule has 2 aromatic heterocycles. The van der Waals surface area contributed by atoms with Crippen molar-refractivity contribution in [2.24, 2.45) is 0 Å². The molecule has 1 spiro atoms. The summed E-state index contributed by atoms with van der Waals surface area (Å²) in [7, 11) is 1.81. The summed E-state index contributed by atoms with van der Waals surface area (Å²) in [5, 5.41) is -0.610. The summed E-state index contributed by atoms with van der Waals surface area (Å²) < 4.78 is 91.9. The second kappa shape index (κ2) is 10.9. The number of hydrogen-bond acceptors (Lipinski definition) is 9. The van der Waals surface area contributed by atoms with E-state index in [0.29, 0.717) is 32.6 Å². The van der Waals surface area contributed by atoms with Crippen molar-refractivity contribution in [1.29, 1.82) is 0 Å². The zero-order valence-corrected chi connectivity index (χ0v) is 25.3. The molecular weight excluding hydrogens is 623 g/mol. The first-order chi connectivity index (χ1) is 21.4. The molecule has 2 N–H and O–H groups in total. The molecule has 242 valence electrons. The summed E-state index contributed by atoms with van der Waals surface area (Å²) in [4.78, 5) is 17.3. The van der Waals surface area contributed by atoms with Gasteiger partial charge in [-0.25, -0.2) is 13.8 Å². The van der Waals surface area contributed by atoms with E-state index in [1.54, 1.807) is 0 Å². The van der Waals surface area contributed by atoms with Crippen LogP contribution in [-0.4, -0.2) is 83.7 Å². The molecule has 4 aliphatic heterocycles. The van der Waals surface area contributed by atoms with Crippen molar-refractivity contribution >= 4 is 34.0 Å². The third kappa shape index (κ3) is 5.09. The Morgan fingerprint density at radius 1 is 1.13 bits per heavy atom. The number of benzene rings is 1. The van der Waals surface area contributed by atoms with Crippen LogP contribution in [0.3, 0.4) is 0 Å². The molecule has 3 saturated heterocycles. The van der Waals surface area contributed by atoms with Crippen LogP contribution in [0.15, 0.2) is 12.1 Å². The molecule has 3 aromatic rings. The molecule has 0 bridgehead atoms. The quantitative estimate of drug-likeness (QED) is 0.276. The molecule has 3 atom stereocenters. The van der Waals surface area contributed by atoms with Crippen LogP contribution in [0.5, 0.6) is 11.9 Å². The van der Waals surface area contributed by atoms with Crippen LogP contribution in [0, 0.1) is 5.82 Å². The third-order valence-electron chi connectivity index (χ3n) is 9.73. The maximum Gasteiger partial charge on any atom is 0.418 e. The molecule has 45 heavy (non-hydrogen) atoms. The Labute approximate surface area is 260 Å². The number of nitrogens with two attached hydrogens (primary N) is 1. The minimum Gasteiger partial charge on any atom is -0.477 e. The molecule has 6 heterocycles. The van der Waals surface area contributed by atoms with Crippen molar-refractivity contribution in [2.45, 2.75) is 62.0 Å². The highest BCUT2D eigenvalue weighted by Gasteiger charge is 2.50. The van der Waals surface area contributed by atoms with Crippen LogP contribution in [0.4, 0.5) is 33.5 Å². The number of alkyl halides is 4. The Kier molecular flexibility index (Phi) is 7.40. The molecule has 15 heteroatoms. The Bertz CT molecular complexity index is 1660. The van der Waals surface area contributed by atoms with E-state index < -0.39 is 51.1 Å². The molecule has 1 aromatic carbocycles. The number of fused-ring (bicyclic) bond motifs is 1. The molecule has 0 saturated carbocycles. The highest BCUT2D eigenvalue weighted by molar-refractivity contribution is 6.32. The molecule has 0 aliphatic carbocycles. The predicted molar refractivity (Wildman–Crippen MR) is 157 cm³/mol. The van der Waals surface area contributed by atoms with E-state index in [1.807, 2.05) is 11.9 Å². The number of anilines is 2. The second-order valence-electron chi connectivity index (χ2n) is 12.5. The fourth-order valence-corrected chi connectivity index (χ4v) is 7.81. The van der Waals surface area contributed by atoms with Crippen LogP contribution in [0.2, 0.25) is 5.02 Å². The summed E-state index contributed by atoms with van der Waals surface area (Å²) in [6.07, 6.45) is -2.03. The minimum atomic E-state index is -4.95. The molecular formula is C30H32ClF5N6O3. The van der Waals surface area contributed by atoms with E-state index in [1.165, 1.54) is 0 Å². The number of nitrogens with zero attached hydrogens (tertiary/aromatic N) is 5. The van der Waals surface area contributed by atoms with Gasteiger partial charge in [0.15, 0.2) is 5.82 Å². The maximum atomic E-state index is 16.7. The van der Waals surface area contributed by atoms with Gasteiger partial charge in [-0.15, -0.1) is 0 Å². The van der Waals surface area contributed by atoms with Gasteiger partial charge in [-0.3, -0.25) is 4.90 Å². The van der Waals surface area contributed by atoms with Crippen molar-refractivity contribution in [3.05, 3.63) is 28.5 Å². The van der Waals surface area contributed by atoms with Gasteiger partial charge < -0.3 is 24.8 Å². The monoisotopic (exact) mass is 654 g/mol. The molecule has 4 aliphatic rings. The van der Waals surface area contributed by atoms with E-state index in [-0.39, 0.29) is 47.5 Å². The average molecular weight is 655 g/mol. The second-order valence-corrected chi connectivity index (χ2v) is 12.9. The van der Waals surface area contributed by atoms with Gasteiger partial charge in [0.2, 0.25) is 5.88 Å². The first kappa shape index (κ1) is 30.4. The summed E-state index contributed by atoms with van der Waals surface area (Å²) >= 11 is 6.01. The first-order valence-electron chi connectivity index (χ1n) is 14.9. The lowest BCUT2D eigenvalue weighted by atomic mass is 9.87. The summed E-state index contributed by atoms with van der Waals surface area (Å²) in [6, 6.07) is 1.73. The summed E-state index contributed by atoms with van der Waals surface area (Å²) in [5.74, 6) is -1.04. The Morgan fingerprint density at radius 3 is 2.71 bits per heavy atom. The number of halogens is 6. The SMILES string of the molecule is CN1c2nc(OC[C@@]34CCCN3C[C@H](F)C4)nc3c(F)c(-c4cc(N)cc(Cl)c4C(F)(F)F)nc(c23)OCCC12CCCOC2. The van der Waals surface area contributed by atoms with Crippen molar-refractivity contribution in [3.8, 4) is 23.1 Å². The number of aromatic nitrogens is 3. The summed E-state index contributed by atoms with van der Waals surface area (Å²) in [6.45, 7) is 2.22. The van der Waals surface area contributed by atoms with Crippen LogP contribution in [-0.2, 0) is 10.9 Å². The highest BCUT2D eigenvalue weighted by Crippen LogP contribution is 2.47.